The Bertz CT molecular complexity index is 731. The fourth-order valence-electron chi connectivity index (χ4n) is 3.19. The number of carbonyl (C=O) groups is 1. The van der Waals surface area contributed by atoms with Gasteiger partial charge in [0.25, 0.3) is 0 Å². The van der Waals surface area contributed by atoms with Crippen LogP contribution in [0.3, 0.4) is 0 Å². The maximum absolute atomic E-state index is 12.4. The number of fused-ring (bicyclic) bond motifs is 1. The number of anilines is 1. The molecule has 6 heteroatoms. The topological polar surface area (TPSA) is 49.3 Å². The molecule has 3 heterocycles. The van der Waals surface area contributed by atoms with Crippen molar-refractivity contribution in [1.82, 2.24) is 14.9 Å². The molecule has 1 fully saturated rings. The van der Waals surface area contributed by atoms with Gasteiger partial charge >= 0.3 is 0 Å². The van der Waals surface area contributed by atoms with E-state index in [4.69, 9.17) is 0 Å². The lowest BCUT2D eigenvalue weighted by Gasteiger charge is -2.35. The Morgan fingerprint density at radius 2 is 2.05 bits per heavy atom. The molecule has 0 radical (unpaired) electrons. The first-order valence-corrected chi connectivity index (χ1v) is 8.62. The molecule has 0 saturated carbocycles. The summed E-state index contributed by atoms with van der Waals surface area (Å²) in [6, 6.07) is 2.03. The Balaban J connectivity index is 1.48. The third-order valence-corrected chi connectivity index (χ3v) is 5.31. The van der Waals surface area contributed by atoms with Crippen molar-refractivity contribution in [2.45, 2.75) is 19.3 Å². The molecule has 0 atom stereocenters. The molecule has 5 nitrogen and oxygen atoms in total. The Hall–Kier alpha value is -1.95. The number of aromatic nitrogens is 2. The number of piperazine rings is 1. The second-order valence-electron chi connectivity index (χ2n) is 5.73. The van der Waals surface area contributed by atoms with E-state index >= 15 is 0 Å². The summed E-state index contributed by atoms with van der Waals surface area (Å²) in [6.07, 6.45) is 6.86. The SMILES string of the molecule is O=C(C1=CCCC1)N1CCN(c2ncnc3ccsc23)CC1. The van der Waals surface area contributed by atoms with Gasteiger partial charge in [0.2, 0.25) is 5.91 Å². The molecule has 2 aromatic heterocycles. The maximum atomic E-state index is 12.4. The van der Waals surface area contributed by atoms with Crippen LogP contribution in [0.1, 0.15) is 19.3 Å². The molecule has 1 aliphatic carbocycles. The monoisotopic (exact) mass is 314 g/mol. The van der Waals surface area contributed by atoms with Crippen molar-refractivity contribution in [1.29, 1.82) is 0 Å². The average Bonchev–Trinajstić information content (AvgIpc) is 3.25. The van der Waals surface area contributed by atoms with Crippen LogP contribution in [0.4, 0.5) is 5.82 Å². The molecule has 0 unspecified atom stereocenters. The quantitative estimate of drug-likeness (QED) is 0.854. The number of carbonyl (C=O) groups excluding carboxylic acids is 1. The first-order valence-electron chi connectivity index (χ1n) is 7.74. The van der Waals surface area contributed by atoms with Crippen molar-refractivity contribution >= 4 is 33.3 Å². The molecular formula is C16H18N4OS. The van der Waals surface area contributed by atoms with Crippen LogP contribution in [0.25, 0.3) is 10.2 Å². The lowest BCUT2D eigenvalue weighted by Crippen LogP contribution is -2.49. The van der Waals surface area contributed by atoms with E-state index in [2.05, 4.69) is 26.3 Å². The molecule has 2 aromatic rings. The summed E-state index contributed by atoms with van der Waals surface area (Å²) in [5, 5.41) is 2.05. The summed E-state index contributed by atoms with van der Waals surface area (Å²) in [6.45, 7) is 3.21. The van der Waals surface area contributed by atoms with Crippen LogP contribution in [0.2, 0.25) is 0 Å². The summed E-state index contributed by atoms with van der Waals surface area (Å²) < 4.78 is 1.14. The van der Waals surface area contributed by atoms with E-state index in [0.29, 0.717) is 0 Å². The molecule has 1 saturated heterocycles. The van der Waals surface area contributed by atoms with Gasteiger partial charge in [0, 0.05) is 31.8 Å². The van der Waals surface area contributed by atoms with Crippen LogP contribution in [0.15, 0.2) is 29.4 Å². The van der Waals surface area contributed by atoms with Gasteiger partial charge in [-0.25, -0.2) is 9.97 Å². The number of thiophene rings is 1. The molecule has 0 aromatic carbocycles. The Kier molecular flexibility index (Phi) is 3.54. The Labute approximate surface area is 133 Å². The summed E-state index contributed by atoms with van der Waals surface area (Å²) in [4.78, 5) is 25.4. The number of amides is 1. The minimum atomic E-state index is 0.237. The highest BCUT2D eigenvalue weighted by Crippen LogP contribution is 2.29. The van der Waals surface area contributed by atoms with Crippen molar-refractivity contribution in [2.24, 2.45) is 0 Å². The minimum absolute atomic E-state index is 0.237. The normalized spacial score (nSPS) is 18.8. The molecule has 0 spiro atoms. The van der Waals surface area contributed by atoms with Gasteiger partial charge in [-0.3, -0.25) is 4.79 Å². The van der Waals surface area contributed by atoms with E-state index < -0.39 is 0 Å². The van der Waals surface area contributed by atoms with Crippen molar-refractivity contribution in [3.05, 3.63) is 29.4 Å². The van der Waals surface area contributed by atoms with E-state index in [1.165, 1.54) is 0 Å². The molecule has 1 amide bonds. The fourth-order valence-corrected chi connectivity index (χ4v) is 4.05. The van der Waals surface area contributed by atoms with Gasteiger partial charge < -0.3 is 9.80 Å². The minimum Gasteiger partial charge on any atom is -0.352 e. The second kappa shape index (κ2) is 5.68. The molecule has 114 valence electrons. The van der Waals surface area contributed by atoms with Gasteiger partial charge in [0.1, 0.15) is 12.1 Å². The molecular weight excluding hydrogens is 296 g/mol. The number of nitrogens with zero attached hydrogens (tertiary/aromatic N) is 4. The Morgan fingerprint density at radius 1 is 1.18 bits per heavy atom. The van der Waals surface area contributed by atoms with Gasteiger partial charge in [-0.05, 0) is 30.7 Å². The number of rotatable bonds is 2. The highest BCUT2D eigenvalue weighted by Gasteiger charge is 2.26. The third kappa shape index (κ3) is 2.37. The van der Waals surface area contributed by atoms with Crippen molar-refractivity contribution < 1.29 is 4.79 Å². The summed E-state index contributed by atoms with van der Waals surface area (Å²) in [5.74, 6) is 1.24. The largest absolute Gasteiger partial charge is 0.352 e. The van der Waals surface area contributed by atoms with Gasteiger partial charge in [-0.1, -0.05) is 6.08 Å². The molecule has 1 aliphatic heterocycles. The zero-order valence-electron chi connectivity index (χ0n) is 12.4. The van der Waals surface area contributed by atoms with E-state index in [1.807, 2.05) is 11.0 Å². The number of hydrogen-bond donors (Lipinski definition) is 0. The van der Waals surface area contributed by atoms with Gasteiger partial charge in [0.15, 0.2) is 0 Å². The van der Waals surface area contributed by atoms with E-state index in [9.17, 15) is 4.79 Å². The predicted molar refractivity (Wildman–Crippen MR) is 88.1 cm³/mol. The third-order valence-electron chi connectivity index (χ3n) is 4.41. The molecule has 4 rings (SSSR count). The first-order chi connectivity index (χ1) is 10.8. The van der Waals surface area contributed by atoms with Crippen molar-refractivity contribution in [3.8, 4) is 0 Å². The van der Waals surface area contributed by atoms with Gasteiger partial charge in [-0.15, -0.1) is 11.3 Å². The second-order valence-corrected chi connectivity index (χ2v) is 6.65. The van der Waals surface area contributed by atoms with Crippen LogP contribution in [-0.2, 0) is 4.79 Å². The lowest BCUT2D eigenvalue weighted by atomic mass is 10.2. The van der Waals surface area contributed by atoms with E-state index in [0.717, 1.165) is 67.0 Å². The van der Waals surface area contributed by atoms with Crippen LogP contribution >= 0.6 is 11.3 Å². The molecule has 0 bridgehead atoms. The van der Waals surface area contributed by atoms with Gasteiger partial charge in [-0.2, -0.15) is 0 Å². The van der Waals surface area contributed by atoms with E-state index in [-0.39, 0.29) is 5.91 Å². The number of allylic oxidation sites excluding steroid dienone is 1. The lowest BCUT2D eigenvalue weighted by molar-refractivity contribution is -0.127. The van der Waals surface area contributed by atoms with Crippen LogP contribution < -0.4 is 4.90 Å². The first kappa shape index (κ1) is 13.7. The standard InChI is InChI=1S/C16H18N4OS/c21-16(12-3-1-2-4-12)20-8-6-19(7-9-20)15-14-13(5-10-22-14)17-11-18-15/h3,5,10-11H,1-2,4,6-9H2. The Morgan fingerprint density at radius 3 is 2.82 bits per heavy atom. The van der Waals surface area contributed by atoms with Crippen LogP contribution in [-0.4, -0.2) is 47.0 Å². The molecule has 22 heavy (non-hydrogen) atoms. The van der Waals surface area contributed by atoms with Crippen molar-refractivity contribution in [2.75, 3.05) is 31.1 Å². The predicted octanol–water partition coefficient (Wildman–Crippen LogP) is 2.45. The average molecular weight is 314 g/mol. The molecule has 0 N–H and O–H groups in total. The zero-order valence-corrected chi connectivity index (χ0v) is 13.2. The molecule has 2 aliphatic rings. The summed E-state index contributed by atoms with van der Waals surface area (Å²) in [5.41, 5.74) is 2.01. The fraction of sp³-hybridized carbons (Fsp3) is 0.438. The number of hydrogen-bond acceptors (Lipinski definition) is 5. The van der Waals surface area contributed by atoms with Crippen LogP contribution in [0, 0.1) is 0 Å². The van der Waals surface area contributed by atoms with Gasteiger partial charge in [0.05, 0.1) is 10.2 Å². The highest BCUT2D eigenvalue weighted by molar-refractivity contribution is 7.17. The van der Waals surface area contributed by atoms with Crippen LogP contribution in [0.5, 0.6) is 0 Å². The van der Waals surface area contributed by atoms with Crippen molar-refractivity contribution in [3.63, 3.8) is 0 Å². The summed E-state index contributed by atoms with van der Waals surface area (Å²) >= 11 is 1.68. The zero-order chi connectivity index (χ0) is 14.9. The smallest absolute Gasteiger partial charge is 0.249 e. The highest BCUT2D eigenvalue weighted by atomic mass is 32.1. The maximum Gasteiger partial charge on any atom is 0.249 e. The summed E-state index contributed by atoms with van der Waals surface area (Å²) in [7, 11) is 0. The van der Waals surface area contributed by atoms with E-state index in [1.54, 1.807) is 17.7 Å².